The van der Waals surface area contributed by atoms with Crippen LogP contribution in [0.2, 0.25) is 0 Å². The topological polar surface area (TPSA) is 18.5 Å². The van der Waals surface area contributed by atoms with Gasteiger partial charge in [0.05, 0.1) is 0 Å². The molecule has 0 aliphatic heterocycles. The Morgan fingerprint density at radius 3 is 1.04 bits per heavy atom. The van der Waals surface area contributed by atoms with Crippen molar-refractivity contribution in [2.75, 3.05) is 0 Å². The van der Waals surface area contributed by atoms with E-state index in [-0.39, 0.29) is 0 Å². The molecule has 0 saturated heterocycles. The van der Waals surface area contributed by atoms with Crippen LogP contribution < -0.4 is 0 Å². The van der Waals surface area contributed by atoms with E-state index >= 15 is 0 Å². The van der Waals surface area contributed by atoms with Gasteiger partial charge in [0.15, 0.2) is 0 Å². The molecule has 2 nitrogen and oxygen atoms in total. The zero-order valence-corrected chi connectivity index (χ0v) is 11.9. The second kappa shape index (κ2) is 6.21. The van der Waals surface area contributed by atoms with Gasteiger partial charge in [0.2, 0.25) is 0 Å². The Kier molecular flexibility index (Phi) is 6.05. The Morgan fingerprint density at radius 2 is 0.760 bits per heavy atom. The van der Waals surface area contributed by atoms with Crippen molar-refractivity contribution in [3.05, 3.63) is 0 Å². The van der Waals surface area contributed by atoms with Crippen LogP contribution in [-0.4, -0.2) is 41.4 Å². The van der Waals surface area contributed by atoms with Crippen molar-refractivity contribution in [3.63, 3.8) is 0 Å². The number of halogens is 16. The molecule has 0 amide bonds. The molecule has 0 unspecified atom stereocenters. The molecule has 0 radical (unpaired) electrons. The van der Waals surface area contributed by atoms with Gasteiger partial charge in [-0.25, -0.2) is 9.47 Å². The predicted molar refractivity (Wildman–Crippen MR) is 46.8 cm³/mol. The third kappa shape index (κ3) is 4.75. The van der Waals surface area contributed by atoms with Crippen LogP contribution in [0.4, 0.5) is 65.9 Å². The summed E-state index contributed by atoms with van der Waals surface area (Å²) in [6, 6.07) is 0. The Bertz CT molecular complexity index is 477. The molecule has 0 N–H and O–H groups in total. The normalized spacial score (nSPS) is 16.3. The highest BCUT2D eigenvalue weighted by Crippen LogP contribution is 2.56. The Balaban J connectivity index is 5.83. The Morgan fingerprint density at radius 1 is 0.440 bits per heavy atom. The number of hydrogen-bond acceptors (Lipinski definition) is 2. The lowest BCUT2D eigenvalue weighted by molar-refractivity contribution is -0.535. The monoisotopic (exact) mass is 480 g/mol. The van der Waals surface area contributed by atoms with Gasteiger partial charge in [0, 0.05) is 15.9 Å². The van der Waals surface area contributed by atoms with Crippen molar-refractivity contribution in [2.45, 2.75) is 41.4 Å². The molecule has 0 spiro atoms. The first-order valence-corrected chi connectivity index (χ1v) is 5.63. The molecule has 25 heavy (non-hydrogen) atoms. The summed E-state index contributed by atoms with van der Waals surface area (Å²) < 4.78 is 188. The summed E-state index contributed by atoms with van der Waals surface area (Å²) in [5, 5.41) is -5.39. The molecule has 0 aromatic rings. The van der Waals surface area contributed by atoms with E-state index in [0.717, 1.165) is 15.9 Å². The summed E-state index contributed by atoms with van der Waals surface area (Å²) in [7, 11) is 0. The molecule has 0 fully saturated rings. The smallest absolute Gasteiger partial charge is 0.243 e. The van der Waals surface area contributed by atoms with Crippen LogP contribution in [0, 0.1) is 0 Å². The third-order valence-electron chi connectivity index (χ3n) is 1.95. The van der Waals surface area contributed by atoms with Crippen molar-refractivity contribution in [3.8, 4) is 0 Å². The molecule has 0 aliphatic carbocycles. The average molecular weight is 481 g/mol. The van der Waals surface area contributed by atoms with Gasteiger partial charge in [-0.3, -0.25) is 0 Å². The molecule has 0 atom stereocenters. The second-order valence-electron chi connectivity index (χ2n) is 3.85. The second-order valence-corrected chi connectivity index (χ2v) is 4.77. The summed E-state index contributed by atoms with van der Waals surface area (Å²) >= 11 is 0.855. The molecule has 152 valence electrons. The van der Waals surface area contributed by atoms with E-state index in [1.165, 1.54) is 4.74 Å². The quantitative estimate of drug-likeness (QED) is 0.350. The van der Waals surface area contributed by atoms with Crippen LogP contribution >= 0.6 is 15.9 Å². The molecule has 0 aliphatic rings. The SMILES string of the molecule is FC(F)(Br)OC(F)(F)C(F)(F)OC(F)(F)C(F)(F)C(F)(F)C(F)(F)F. The third-order valence-corrected chi connectivity index (χ3v) is 2.12. The maximum Gasteiger partial charge on any atom is 0.460 e. The van der Waals surface area contributed by atoms with E-state index in [1.54, 1.807) is 0 Å². The van der Waals surface area contributed by atoms with E-state index in [9.17, 15) is 65.9 Å². The number of rotatable bonds is 7. The number of alkyl halides is 16. The molecule has 0 aromatic carbocycles. The van der Waals surface area contributed by atoms with E-state index in [0.29, 0.717) is 0 Å². The highest BCUT2D eigenvalue weighted by Gasteiger charge is 2.85. The van der Waals surface area contributed by atoms with Gasteiger partial charge >= 0.3 is 41.4 Å². The molecule has 0 rings (SSSR count). The molecule has 0 aromatic heterocycles. The molecular weight excluding hydrogens is 481 g/mol. The minimum absolute atomic E-state index is 0.855. The van der Waals surface area contributed by atoms with Crippen LogP contribution in [-0.2, 0) is 9.47 Å². The van der Waals surface area contributed by atoms with Crippen LogP contribution in [0.5, 0.6) is 0 Å². The minimum atomic E-state index is -7.85. The minimum Gasteiger partial charge on any atom is -0.243 e. The molecular formula is C7BrF15O2. The summed E-state index contributed by atoms with van der Waals surface area (Å²) in [5.41, 5.74) is 0. The lowest BCUT2D eigenvalue weighted by Crippen LogP contribution is -2.64. The maximum atomic E-state index is 12.7. The molecule has 0 bridgehead atoms. The highest BCUT2D eigenvalue weighted by atomic mass is 79.9. The van der Waals surface area contributed by atoms with Crippen LogP contribution in [0.15, 0.2) is 0 Å². The fourth-order valence-corrected chi connectivity index (χ4v) is 1.05. The molecule has 18 heteroatoms. The first kappa shape index (κ1) is 24.4. The van der Waals surface area contributed by atoms with E-state index in [4.69, 9.17) is 0 Å². The van der Waals surface area contributed by atoms with Gasteiger partial charge in [0.1, 0.15) is 0 Å². The van der Waals surface area contributed by atoms with Crippen LogP contribution in [0.25, 0.3) is 0 Å². The average Bonchev–Trinajstić information content (AvgIpc) is 2.21. The Hall–Kier alpha value is -0.650. The van der Waals surface area contributed by atoms with Crippen molar-refractivity contribution in [1.82, 2.24) is 0 Å². The summed E-state index contributed by atoms with van der Waals surface area (Å²) in [6.07, 6.45) is -29.2. The van der Waals surface area contributed by atoms with Gasteiger partial charge in [-0.2, -0.15) is 65.9 Å². The molecule has 0 saturated carbocycles. The lowest BCUT2D eigenvalue weighted by atomic mass is 10.1. The first-order chi connectivity index (χ1) is 10.4. The standard InChI is InChI=1S/C7BrF15O2/c8-7(22,23)25-6(20,21)5(18,19)24-4(16,17)2(11,12)1(9,10)3(13,14)15. The summed E-state index contributed by atoms with van der Waals surface area (Å²) in [5.74, 6) is -15.6. The fourth-order valence-electron chi connectivity index (χ4n) is 0.850. The van der Waals surface area contributed by atoms with Gasteiger partial charge in [-0.15, -0.1) is 0 Å². The number of hydrogen-bond donors (Lipinski definition) is 0. The van der Waals surface area contributed by atoms with Gasteiger partial charge in [-0.05, 0) is 0 Å². The number of ether oxygens (including phenoxy) is 2. The van der Waals surface area contributed by atoms with Crippen molar-refractivity contribution in [2.24, 2.45) is 0 Å². The zero-order valence-electron chi connectivity index (χ0n) is 10.4. The van der Waals surface area contributed by atoms with Crippen molar-refractivity contribution < 1.29 is 75.3 Å². The molecule has 0 heterocycles. The van der Waals surface area contributed by atoms with Crippen LogP contribution in [0.1, 0.15) is 0 Å². The first-order valence-electron chi connectivity index (χ1n) is 4.84. The zero-order chi connectivity index (χ0) is 20.9. The summed E-state index contributed by atoms with van der Waals surface area (Å²) in [4.78, 5) is 0. The van der Waals surface area contributed by atoms with E-state index in [1.807, 2.05) is 4.74 Å². The van der Waals surface area contributed by atoms with Gasteiger partial charge in [0.25, 0.3) is 0 Å². The van der Waals surface area contributed by atoms with Crippen molar-refractivity contribution >= 4 is 15.9 Å². The maximum absolute atomic E-state index is 12.7. The highest BCUT2D eigenvalue weighted by molar-refractivity contribution is 9.09. The largest absolute Gasteiger partial charge is 0.460 e. The Labute approximate surface area is 134 Å². The lowest BCUT2D eigenvalue weighted by Gasteiger charge is -2.36. The van der Waals surface area contributed by atoms with E-state index < -0.39 is 41.4 Å². The van der Waals surface area contributed by atoms with Gasteiger partial charge < -0.3 is 0 Å². The summed E-state index contributed by atoms with van der Waals surface area (Å²) in [6.45, 7) is 0. The van der Waals surface area contributed by atoms with Crippen LogP contribution in [0.3, 0.4) is 0 Å². The van der Waals surface area contributed by atoms with Gasteiger partial charge in [-0.1, -0.05) is 0 Å². The predicted octanol–water partition coefficient (Wildman–Crippen LogP) is 5.58. The van der Waals surface area contributed by atoms with E-state index in [2.05, 4.69) is 0 Å². The van der Waals surface area contributed by atoms with Crippen molar-refractivity contribution in [1.29, 1.82) is 0 Å². The fraction of sp³-hybridized carbons (Fsp3) is 1.00.